The van der Waals surface area contributed by atoms with E-state index in [1.54, 1.807) is 6.92 Å². The smallest absolute Gasteiger partial charge is 0.355 e. The molecule has 102 valence electrons. The van der Waals surface area contributed by atoms with Crippen LogP contribution in [0.5, 0.6) is 0 Å². The minimum Gasteiger partial charge on any atom is -0.461 e. The molecule has 0 saturated heterocycles. The van der Waals surface area contributed by atoms with Crippen molar-refractivity contribution in [3.05, 3.63) is 33.9 Å². The molecule has 4 nitrogen and oxygen atoms in total. The highest BCUT2D eigenvalue weighted by Crippen LogP contribution is 2.31. The molecule has 19 heavy (non-hydrogen) atoms. The Morgan fingerprint density at radius 2 is 2.26 bits per heavy atom. The zero-order valence-electron chi connectivity index (χ0n) is 10.7. The molecule has 0 aliphatic rings. The number of carbonyl (C=O) groups excluding carboxylic acids is 1. The quantitative estimate of drug-likeness (QED) is 0.830. The molecular weight excluding hydrogens is 310 g/mol. The molecular formula is C14H16BrNO3. The van der Waals surface area contributed by atoms with Crippen LogP contribution in [0.3, 0.4) is 0 Å². The fourth-order valence-corrected chi connectivity index (χ4v) is 2.76. The standard InChI is InChI=1S/C14H16BrNO3/c1-2-19-14(18)13-9(5-4-8-17)12-10(15)6-3-7-11(12)16-13/h3,6-7,16-17H,2,4-5,8H2,1H3. The molecule has 1 aromatic carbocycles. The SMILES string of the molecule is CCOC(=O)c1[nH]c2cccc(Br)c2c1CCCO. The number of aryl methyl sites for hydroxylation is 1. The van der Waals surface area contributed by atoms with E-state index in [0.29, 0.717) is 25.1 Å². The number of carbonyl (C=O) groups is 1. The lowest BCUT2D eigenvalue weighted by molar-refractivity contribution is 0.0519. The molecule has 2 rings (SSSR count). The summed E-state index contributed by atoms with van der Waals surface area (Å²) < 4.78 is 6.00. The Morgan fingerprint density at radius 1 is 1.47 bits per heavy atom. The number of fused-ring (bicyclic) bond motifs is 1. The van der Waals surface area contributed by atoms with Gasteiger partial charge in [0.2, 0.25) is 0 Å². The molecule has 0 aliphatic heterocycles. The van der Waals surface area contributed by atoms with Crippen molar-refractivity contribution in [3.8, 4) is 0 Å². The average molecular weight is 326 g/mol. The van der Waals surface area contributed by atoms with Crippen molar-refractivity contribution >= 4 is 32.8 Å². The van der Waals surface area contributed by atoms with E-state index < -0.39 is 0 Å². The van der Waals surface area contributed by atoms with Gasteiger partial charge >= 0.3 is 5.97 Å². The monoisotopic (exact) mass is 325 g/mol. The molecule has 0 unspecified atom stereocenters. The van der Waals surface area contributed by atoms with Gasteiger partial charge in [-0.05, 0) is 37.5 Å². The Labute approximate surface area is 119 Å². The topological polar surface area (TPSA) is 62.3 Å². The number of nitrogens with one attached hydrogen (secondary N) is 1. The predicted octanol–water partition coefficient (Wildman–Crippen LogP) is 3.03. The zero-order valence-corrected chi connectivity index (χ0v) is 12.3. The number of H-pyrrole nitrogens is 1. The summed E-state index contributed by atoms with van der Waals surface area (Å²) >= 11 is 3.51. The number of halogens is 1. The Hall–Kier alpha value is -1.33. The predicted molar refractivity (Wildman–Crippen MR) is 77.4 cm³/mol. The molecule has 0 saturated carbocycles. The minimum absolute atomic E-state index is 0.0966. The minimum atomic E-state index is -0.349. The number of esters is 1. The number of aromatic nitrogens is 1. The molecule has 0 atom stereocenters. The second-order valence-corrected chi connectivity index (χ2v) is 5.04. The van der Waals surface area contributed by atoms with Crippen molar-refractivity contribution in [2.24, 2.45) is 0 Å². The molecule has 5 heteroatoms. The molecule has 0 radical (unpaired) electrons. The summed E-state index contributed by atoms with van der Waals surface area (Å²) in [5, 5.41) is 9.99. The maximum atomic E-state index is 12.0. The van der Waals surface area contributed by atoms with E-state index in [4.69, 9.17) is 9.84 Å². The third kappa shape index (κ3) is 2.82. The molecule has 0 spiro atoms. The summed E-state index contributed by atoms with van der Waals surface area (Å²) in [5.41, 5.74) is 2.28. The average Bonchev–Trinajstić information content (AvgIpc) is 2.77. The number of hydrogen-bond acceptors (Lipinski definition) is 3. The largest absolute Gasteiger partial charge is 0.461 e. The Morgan fingerprint density at radius 3 is 2.95 bits per heavy atom. The molecule has 0 bridgehead atoms. The summed E-state index contributed by atoms with van der Waals surface area (Å²) in [4.78, 5) is 15.1. The highest BCUT2D eigenvalue weighted by molar-refractivity contribution is 9.10. The van der Waals surface area contributed by atoms with E-state index in [1.165, 1.54) is 0 Å². The normalized spacial score (nSPS) is 10.9. The van der Waals surface area contributed by atoms with Crippen molar-refractivity contribution in [2.75, 3.05) is 13.2 Å². The number of rotatable bonds is 5. The summed E-state index contributed by atoms with van der Waals surface area (Å²) in [6.07, 6.45) is 1.24. The number of hydrogen-bond donors (Lipinski definition) is 2. The first-order valence-corrected chi connectivity index (χ1v) is 7.05. The van der Waals surface area contributed by atoms with E-state index in [9.17, 15) is 4.79 Å². The summed E-state index contributed by atoms with van der Waals surface area (Å²) in [7, 11) is 0. The lowest BCUT2D eigenvalue weighted by Gasteiger charge is -2.04. The molecule has 2 aromatic rings. The van der Waals surface area contributed by atoms with Gasteiger partial charge in [-0.1, -0.05) is 22.0 Å². The van der Waals surface area contributed by atoms with Crippen LogP contribution in [0.1, 0.15) is 29.4 Å². The highest BCUT2D eigenvalue weighted by Gasteiger charge is 2.19. The molecule has 1 aromatic heterocycles. The zero-order chi connectivity index (χ0) is 13.8. The maximum Gasteiger partial charge on any atom is 0.355 e. The van der Waals surface area contributed by atoms with Gasteiger partial charge in [-0.2, -0.15) is 0 Å². The van der Waals surface area contributed by atoms with E-state index in [-0.39, 0.29) is 12.6 Å². The van der Waals surface area contributed by atoms with Crippen LogP contribution in [0.15, 0.2) is 22.7 Å². The fourth-order valence-electron chi connectivity index (χ4n) is 2.15. The van der Waals surface area contributed by atoms with E-state index in [2.05, 4.69) is 20.9 Å². The van der Waals surface area contributed by atoms with Crippen molar-refractivity contribution in [2.45, 2.75) is 19.8 Å². The third-order valence-corrected chi connectivity index (χ3v) is 3.60. The van der Waals surface area contributed by atoms with Gasteiger partial charge in [0, 0.05) is 22.0 Å². The van der Waals surface area contributed by atoms with Gasteiger partial charge in [0.25, 0.3) is 0 Å². The third-order valence-electron chi connectivity index (χ3n) is 2.94. The van der Waals surface area contributed by atoms with Gasteiger partial charge in [0.05, 0.1) is 6.61 Å². The number of aliphatic hydroxyl groups excluding tert-OH is 1. The Kier molecular flexibility index (Phi) is 4.61. The summed E-state index contributed by atoms with van der Waals surface area (Å²) in [6, 6.07) is 5.77. The summed E-state index contributed by atoms with van der Waals surface area (Å²) in [5.74, 6) is -0.349. The van der Waals surface area contributed by atoms with E-state index in [1.807, 2.05) is 18.2 Å². The molecule has 2 N–H and O–H groups in total. The lowest BCUT2D eigenvalue weighted by Crippen LogP contribution is -2.08. The second-order valence-electron chi connectivity index (χ2n) is 4.19. The van der Waals surface area contributed by atoms with Crippen LogP contribution in [0.2, 0.25) is 0 Å². The van der Waals surface area contributed by atoms with Crippen molar-refractivity contribution < 1.29 is 14.6 Å². The van der Waals surface area contributed by atoms with Gasteiger partial charge in [-0.15, -0.1) is 0 Å². The first kappa shape index (κ1) is 14.1. The van der Waals surface area contributed by atoms with Gasteiger partial charge < -0.3 is 14.8 Å². The van der Waals surface area contributed by atoms with Crippen LogP contribution in [0.25, 0.3) is 10.9 Å². The van der Waals surface area contributed by atoms with Crippen LogP contribution in [0, 0.1) is 0 Å². The molecule has 1 heterocycles. The van der Waals surface area contributed by atoms with Crippen LogP contribution >= 0.6 is 15.9 Å². The number of aliphatic hydroxyl groups is 1. The Bertz CT molecular complexity index is 592. The first-order valence-electron chi connectivity index (χ1n) is 6.26. The number of benzene rings is 1. The van der Waals surface area contributed by atoms with Gasteiger partial charge in [0.1, 0.15) is 5.69 Å². The van der Waals surface area contributed by atoms with Crippen LogP contribution < -0.4 is 0 Å². The number of ether oxygens (including phenoxy) is 1. The molecule has 0 amide bonds. The van der Waals surface area contributed by atoms with E-state index in [0.717, 1.165) is 20.9 Å². The summed E-state index contributed by atoms with van der Waals surface area (Å²) in [6.45, 7) is 2.22. The Balaban J connectivity index is 2.55. The van der Waals surface area contributed by atoms with Gasteiger partial charge in [0.15, 0.2) is 0 Å². The second kappa shape index (κ2) is 6.21. The van der Waals surface area contributed by atoms with Crippen molar-refractivity contribution in [3.63, 3.8) is 0 Å². The number of aromatic amines is 1. The van der Waals surface area contributed by atoms with E-state index >= 15 is 0 Å². The van der Waals surface area contributed by atoms with Crippen molar-refractivity contribution in [1.82, 2.24) is 4.98 Å². The van der Waals surface area contributed by atoms with Crippen LogP contribution in [-0.4, -0.2) is 29.3 Å². The van der Waals surface area contributed by atoms with Crippen LogP contribution in [-0.2, 0) is 11.2 Å². The van der Waals surface area contributed by atoms with Crippen LogP contribution in [0.4, 0.5) is 0 Å². The van der Waals surface area contributed by atoms with Gasteiger partial charge in [-0.3, -0.25) is 0 Å². The molecule has 0 aliphatic carbocycles. The highest BCUT2D eigenvalue weighted by atomic mass is 79.9. The molecule has 0 fully saturated rings. The van der Waals surface area contributed by atoms with Crippen molar-refractivity contribution in [1.29, 1.82) is 0 Å². The first-order chi connectivity index (χ1) is 9.19. The maximum absolute atomic E-state index is 12.0. The lowest BCUT2D eigenvalue weighted by atomic mass is 10.1. The fraction of sp³-hybridized carbons (Fsp3) is 0.357. The van der Waals surface area contributed by atoms with Gasteiger partial charge in [-0.25, -0.2) is 4.79 Å².